The highest BCUT2D eigenvalue weighted by atomic mass is 16.7. The van der Waals surface area contributed by atoms with Crippen LogP contribution in [0.5, 0.6) is 11.5 Å². The summed E-state index contributed by atoms with van der Waals surface area (Å²) in [6.45, 7) is 0.941. The van der Waals surface area contributed by atoms with Crippen molar-refractivity contribution in [2.45, 2.75) is 31.3 Å². The van der Waals surface area contributed by atoms with E-state index in [0.717, 1.165) is 25.8 Å². The van der Waals surface area contributed by atoms with E-state index in [1.54, 1.807) is 23.1 Å². The van der Waals surface area contributed by atoms with Crippen LogP contribution in [0.15, 0.2) is 48.5 Å². The largest absolute Gasteiger partial charge is 0.454 e. The standard InChI is InChI=1S/C21H25N3O3/c1-24(21(25)16-9-10-19-20(12-16)27-14-26-19)11-5-8-17-13-18(23-22-17)15-6-3-2-4-7-15/h2-4,6-7,9-10,12,17-18,22-23H,5,8,11,13-14H2,1H3. The van der Waals surface area contributed by atoms with E-state index in [1.807, 2.05) is 13.1 Å². The number of carbonyl (C=O) groups excluding carboxylic acids is 1. The number of rotatable bonds is 6. The molecule has 2 aromatic carbocycles. The highest BCUT2D eigenvalue weighted by molar-refractivity contribution is 5.94. The van der Waals surface area contributed by atoms with E-state index >= 15 is 0 Å². The fraction of sp³-hybridized carbons (Fsp3) is 0.381. The van der Waals surface area contributed by atoms with Gasteiger partial charge in [0.25, 0.3) is 5.91 Å². The Balaban J connectivity index is 1.24. The molecule has 0 radical (unpaired) electrons. The first kappa shape index (κ1) is 17.8. The second-order valence-corrected chi connectivity index (χ2v) is 7.12. The van der Waals surface area contributed by atoms with Gasteiger partial charge in [-0.05, 0) is 43.0 Å². The normalized spacial score (nSPS) is 20.6. The van der Waals surface area contributed by atoms with E-state index in [4.69, 9.17) is 9.47 Å². The molecule has 27 heavy (non-hydrogen) atoms. The Bertz CT molecular complexity index is 797. The number of ether oxygens (including phenoxy) is 2. The zero-order valence-electron chi connectivity index (χ0n) is 15.5. The van der Waals surface area contributed by atoms with E-state index < -0.39 is 0 Å². The minimum absolute atomic E-state index is 0.00738. The SMILES string of the molecule is CN(CCCC1CC(c2ccccc2)NN1)C(=O)c1ccc2c(c1)OCO2. The molecule has 2 unspecified atom stereocenters. The Labute approximate surface area is 159 Å². The first-order valence-corrected chi connectivity index (χ1v) is 9.42. The van der Waals surface area contributed by atoms with Crippen molar-refractivity contribution in [1.29, 1.82) is 0 Å². The highest BCUT2D eigenvalue weighted by Gasteiger charge is 2.25. The fourth-order valence-electron chi connectivity index (χ4n) is 3.64. The van der Waals surface area contributed by atoms with E-state index in [9.17, 15) is 4.79 Å². The summed E-state index contributed by atoms with van der Waals surface area (Å²) in [7, 11) is 1.85. The minimum atomic E-state index is 0.00738. The molecular weight excluding hydrogens is 342 g/mol. The topological polar surface area (TPSA) is 62.8 Å². The van der Waals surface area contributed by atoms with Crippen LogP contribution in [0.2, 0.25) is 0 Å². The van der Waals surface area contributed by atoms with Gasteiger partial charge in [0.15, 0.2) is 11.5 Å². The molecule has 142 valence electrons. The van der Waals surface area contributed by atoms with Gasteiger partial charge in [-0.1, -0.05) is 30.3 Å². The maximum absolute atomic E-state index is 12.6. The lowest BCUT2D eigenvalue weighted by Gasteiger charge is -2.18. The van der Waals surface area contributed by atoms with Gasteiger partial charge >= 0.3 is 0 Å². The second-order valence-electron chi connectivity index (χ2n) is 7.12. The van der Waals surface area contributed by atoms with Crippen LogP contribution in [0.3, 0.4) is 0 Å². The quantitative estimate of drug-likeness (QED) is 0.822. The Morgan fingerprint density at radius 2 is 1.93 bits per heavy atom. The Morgan fingerprint density at radius 3 is 2.78 bits per heavy atom. The molecular formula is C21H25N3O3. The van der Waals surface area contributed by atoms with Gasteiger partial charge in [0.2, 0.25) is 6.79 Å². The fourth-order valence-corrected chi connectivity index (χ4v) is 3.64. The average Bonchev–Trinajstić information content (AvgIpc) is 3.37. The molecule has 0 bridgehead atoms. The molecule has 2 aliphatic rings. The van der Waals surface area contributed by atoms with Crippen LogP contribution in [0, 0.1) is 0 Å². The van der Waals surface area contributed by atoms with Crippen LogP contribution in [0.4, 0.5) is 0 Å². The summed E-state index contributed by atoms with van der Waals surface area (Å²) in [6, 6.07) is 16.6. The van der Waals surface area contributed by atoms with Gasteiger partial charge in [-0.25, -0.2) is 0 Å². The molecule has 4 rings (SSSR count). The van der Waals surface area contributed by atoms with Gasteiger partial charge in [0.1, 0.15) is 0 Å². The van der Waals surface area contributed by atoms with Crippen molar-refractivity contribution in [3.8, 4) is 11.5 Å². The summed E-state index contributed by atoms with van der Waals surface area (Å²) in [5, 5.41) is 0. The number of nitrogens with one attached hydrogen (secondary N) is 2. The lowest BCUT2D eigenvalue weighted by Crippen LogP contribution is -2.32. The molecule has 1 amide bonds. The molecule has 6 nitrogen and oxygen atoms in total. The summed E-state index contributed by atoms with van der Waals surface area (Å²) in [5.74, 6) is 1.34. The summed E-state index contributed by atoms with van der Waals surface area (Å²) in [6.07, 6.45) is 3.03. The number of benzene rings is 2. The number of amides is 1. The third kappa shape index (κ3) is 4.07. The zero-order valence-corrected chi connectivity index (χ0v) is 15.5. The molecule has 0 aliphatic carbocycles. The molecule has 2 aliphatic heterocycles. The monoisotopic (exact) mass is 367 g/mol. The van der Waals surface area contributed by atoms with Crippen molar-refractivity contribution >= 4 is 5.91 Å². The molecule has 2 aromatic rings. The summed E-state index contributed by atoms with van der Waals surface area (Å²) in [5.41, 5.74) is 8.70. The molecule has 2 heterocycles. The number of nitrogens with zero attached hydrogens (tertiary/aromatic N) is 1. The van der Waals surface area contributed by atoms with Crippen molar-refractivity contribution < 1.29 is 14.3 Å². The van der Waals surface area contributed by atoms with Gasteiger partial charge in [0.05, 0.1) is 0 Å². The maximum Gasteiger partial charge on any atom is 0.253 e. The summed E-state index contributed by atoms with van der Waals surface area (Å²) >= 11 is 0. The number of fused-ring (bicyclic) bond motifs is 1. The van der Waals surface area contributed by atoms with Crippen LogP contribution in [-0.4, -0.2) is 37.2 Å². The molecule has 0 aromatic heterocycles. The molecule has 6 heteroatoms. The predicted molar refractivity (Wildman–Crippen MR) is 103 cm³/mol. The second kappa shape index (κ2) is 7.98. The van der Waals surface area contributed by atoms with Gasteiger partial charge in [-0.15, -0.1) is 0 Å². The highest BCUT2D eigenvalue weighted by Crippen LogP contribution is 2.32. The van der Waals surface area contributed by atoms with E-state index in [2.05, 4.69) is 35.1 Å². The first-order valence-electron chi connectivity index (χ1n) is 9.42. The maximum atomic E-state index is 12.6. The third-order valence-electron chi connectivity index (χ3n) is 5.20. The Hall–Kier alpha value is -2.57. The van der Waals surface area contributed by atoms with Crippen molar-refractivity contribution in [1.82, 2.24) is 15.8 Å². The summed E-state index contributed by atoms with van der Waals surface area (Å²) in [4.78, 5) is 14.4. The van der Waals surface area contributed by atoms with E-state index in [0.29, 0.717) is 29.1 Å². The average molecular weight is 367 g/mol. The van der Waals surface area contributed by atoms with Crippen molar-refractivity contribution in [2.24, 2.45) is 0 Å². The number of carbonyl (C=O) groups is 1. The number of hydrogen-bond acceptors (Lipinski definition) is 5. The lowest BCUT2D eigenvalue weighted by atomic mass is 10.00. The smallest absolute Gasteiger partial charge is 0.253 e. The molecule has 2 atom stereocenters. The summed E-state index contributed by atoms with van der Waals surface area (Å²) < 4.78 is 10.7. The van der Waals surface area contributed by atoms with Gasteiger partial charge < -0.3 is 14.4 Å². The number of hydrogen-bond donors (Lipinski definition) is 2. The van der Waals surface area contributed by atoms with Crippen LogP contribution >= 0.6 is 0 Å². The Kier molecular flexibility index (Phi) is 5.27. The zero-order chi connectivity index (χ0) is 18.6. The predicted octanol–water partition coefficient (Wildman–Crippen LogP) is 2.88. The van der Waals surface area contributed by atoms with Crippen LogP contribution in [0.25, 0.3) is 0 Å². The molecule has 2 N–H and O–H groups in total. The van der Waals surface area contributed by atoms with Crippen LogP contribution in [-0.2, 0) is 0 Å². The van der Waals surface area contributed by atoms with Gasteiger partial charge in [-0.2, -0.15) is 0 Å². The van der Waals surface area contributed by atoms with Crippen LogP contribution in [0.1, 0.15) is 41.2 Å². The minimum Gasteiger partial charge on any atom is -0.454 e. The number of hydrazine groups is 1. The molecule has 0 spiro atoms. The van der Waals surface area contributed by atoms with Crippen LogP contribution < -0.4 is 20.3 Å². The molecule has 1 fully saturated rings. The Morgan fingerprint density at radius 1 is 1.11 bits per heavy atom. The lowest BCUT2D eigenvalue weighted by molar-refractivity contribution is 0.0791. The van der Waals surface area contributed by atoms with E-state index in [1.165, 1.54) is 5.56 Å². The van der Waals surface area contributed by atoms with Crippen molar-refractivity contribution in [3.63, 3.8) is 0 Å². The van der Waals surface area contributed by atoms with Crippen molar-refractivity contribution in [3.05, 3.63) is 59.7 Å². The molecule has 1 saturated heterocycles. The third-order valence-corrected chi connectivity index (χ3v) is 5.20. The van der Waals surface area contributed by atoms with Gasteiger partial charge in [0, 0.05) is 31.2 Å². The van der Waals surface area contributed by atoms with E-state index in [-0.39, 0.29) is 12.7 Å². The van der Waals surface area contributed by atoms with Crippen molar-refractivity contribution in [2.75, 3.05) is 20.4 Å². The first-order chi connectivity index (χ1) is 13.2. The molecule has 0 saturated carbocycles. The van der Waals surface area contributed by atoms with Gasteiger partial charge in [-0.3, -0.25) is 15.6 Å².